The molecule has 232 valence electrons. The fourth-order valence-corrected chi connectivity index (χ4v) is 6.12. The quantitative estimate of drug-likeness (QED) is 0.231. The third kappa shape index (κ3) is 7.04. The third-order valence-corrected chi connectivity index (χ3v) is 8.34. The van der Waals surface area contributed by atoms with Crippen molar-refractivity contribution in [3.8, 4) is 0 Å². The summed E-state index contributed by atoms with van der Waals surface area (Å²) < 4.78 is 5.32. The van der Waals surface area contributed by atoms with Gasteiger partial charge in [0.25, 0.3) is 0 Å². The van der Waals surface area contributed by atoms with E-state index in [0.29, 0.717) is 50.0 Å². The normalized spacial score (nSPS) is 15.8. The van der Waals surface area contributed by atoms with Crippen LogP contribution >= 0.6 is 0 Å². The van der Waals surface area contributed by atoms with Gasteiger partial charge in [-0.2, -0.15) is 0 Å². The highest BCUT2D eigenvalue weighted by atomic mass is 16.5. The first-order chi connectivity index (χ1) is 22.0. The van der Waals surface area contributed by atoms with Gasteiger partial charge >= 0.3 is 12.0 Å². The van der Waals surface area contributed by atoms with Crippen molar-refractivity contribution in [2.24, 2.45) is 5.92 Å². The maximum atomic E-state index is 13.5. The fourth-order valence-electron chi connectivity index (χ4n) is 6.12. The number of nitrogens with one attached hydrogen (secondary N) is 3. The monoisotopic (exact) mass is 607 g/mol. The molecule has 0 saturated carbocycles. The molecule has 3 aromatic heterocycles. The SMILES string of the molecule is CCOC(=O)c1[nH]c2ccccc2c1C1=CCN(C(=O)C2CCN(Cc3ccnc(NC(=O)Nc4ccccn4)c3)CC2)CC1. The molecule has 11 nitrogen and oxygen atoms in total. The number of para-hydroxylation sites is 1. The summed E-state index contributed by atoms with van der Waals surface area (Å²) in [6.45, 7) is 5.59. The molecule has 6 rings (SSSR count). The Labute approximate surface area is 261 Å². The number of aromatic nitrogens is 3. The number of H-pyrrole nitrogens is 1. The average Bonchev–Trinajstić information content (AvgIpc) is 3.46. The number of ether oxygens (including phenoxy) is 1. The summed E-state index contributed by atoms with van der Waals surface area (Å²) in [5.41, 5.74) is 4.35. The fraction of sp³-hybridized carbons (Fsp3) is 0.324. The standard InChI is InChI=1S/C34H37N7O4/c1-2-45-33(43)31-30(26-7-3-4-8-27(26)37-31)24-13-19-41(20-14-24)32(42)25-11-17-40(18-12-25)22-23-10-16-36-29(21-23)39-34(44)38-28-9-5-6-15-35-28/h3-10,13,15-16,21,25,37H,2,11-12,14,17-20,22H2,1H3,(H2,35,36,38,39,44). The number of fused-ring (bicyclic) bond motifs is 1. The number of carbonyl (C=O) groups is 3. The Balaban J connectivity index is 1.02. The van der Waals surface area contributed by atoms with Crippen LogP contribution in [0.25, 0.3) is 16.5 Å². The topological polar surface area (TPSA) is 133 Å². The van der Waals surface area contributed by atoms with Crippen LogP contribution in [0.2, 0.25) is 0 Å². The zero-order valence-electron chi connectivity index (χ0n) is 25.3. The number of piperidine rings is 1. The summed E-state index contributed by atoms with van der Waals surface area (Å²) in [6.07, 6.45) is 7.65. The maximum absolute atomic E-state index is 13.5. The average molecular weight is 608 g/mol. The molecule has 3 amide bonds. The number of nitrogens with zero attached hydrogens (tertiary/aromatic N) is 4. The Morgan fingerprint density at radius 2 is 1.73 bits per heavy atom. The lowest BCUT2D eigenvalue weighted by Crippen LogP contribution is -2.43. The molecule has 11 heteroatoms. The Morgan fingerprint density at radius 3 is 2.49 bits per heavy atom. The van der Waals surface area contributed by atoms with Crippen molar-refractivity contribution in [2.45, 2.75) is 32.7 Å². The number of hydrogen-bond acceptors (Lipinski definition) is 7. The molecule has 0 unspecified atom stereocenters. The second-order valence-electron chi connectivity index (χ2n) is 11.3. The predicted octanol–water partition coefficient (Wildman–Crippen LogP) is 5.31. The molecule has 0 bridgehead atoms. The molecule has 3 N–H and O–H groups in total. The molecular formula is C34H37N7O4. The van der Waals surface area contributed by atoms with Crippen molar-refractivity contribution in [3.05, 3.63) is 89.9 Å². The number of carbonyl (C=O) groups excluding carboxylic acids is 3. The van der Waals surface area contributed by atoms with Crippen LogP contribution in [-0.4, -0.2) is 75.4 Å². The molecule has 1 aromatic carbocycles. The number of pyridine rings is 2. The van der Waals surface area contributed by atoms with E-state index in [4.69, 9.17) is 4.74 Å². The van der Waals surface area contributed by atoms with E-state index in [1.165, 1.54) is 0 Å². The van der Waals surface area contributed by atoms with Gasteiger partial charge in [-0.1, -0.05) is 30.3 Å². The van der Waals surface area contributed by atoms with Gasteiger partial charge in [0.1, 0.15) is 17.3 Å². The van der Waals surface area contributed by atoms with E-state index >= 15 is 0 Å². The largest absolute Gasteiger partial charge is 0.461 e. The Kier molecular flexibility index (Phi) is 9.16. The highest BCUT2D eigenvalue weighted by molar-refractivity contribution is 6.05. The van der Waals surface area contributed by atoms with Crippen molar-refractivity contribution >= 4 is 46.0 Å². The summed E-state index contributed by atoms with van der Waals surface area (Å²) in [4.78, 5) is 54.5. The van der Waals surface area contributed by atoms with Gasteiger partial charge in [0, 0.05) is 54.4 Å². The van der Waals surface area contributed by atoms with E-state index < -0.39 is 6.03 Å². The van der Waals surface area contributed by atoms with Crippen molar-refractivity contribution in [1.29, 1.82) is 0 Å². The predicted molar refractivity (Wildman–Crippen MR) is 173 cm³/mol. The van der Waals surface area contributed by atoms with Crippen LogP contribution in [0.4, 0.5) is 16.4 Å². The minimum atomic E-state index is -0.404. The smallest absolute Gasteiger partial charge is 0.355 e. The van der Waals surface area contributed by atoms with Gasteiger partial charge in [0.05, 0.1) is 6.61 Å². The Hall–Kier alpha value is -5.03. The van der Waals surface area contributed by atoms with Gasteiger partial charge < -0.3 is 14.6 Å². The number of likely N-dealkylation sites (tertiary alicyclic amines) is 1. The lowest BCUT2D eigenvalue weighted by atomic mass is 9.92. The minimum absolute atomic E-state index is 0.00987. The lowest BCUT2D eigenvalue weighted by molar-refractivity contribution is -0.136. The van der Waals surface area contributed by atoms with Gasteiger partial charge in [-0.3, -0.25) is 20.3 Å². The zero-order valence-corrected chi connectivity index (χ0v) is 25.3. The second-order valence-corrected chi connectivity index (χ2v) is 11.3. The molecule has 2 aliphatic rings. The molecule has 0 radical (unpaired) electrons. The molecule has 1 saturated heterocycles. The summed E-state index contributed by atoms with van der Waals surface area (Å²) in [7, 11) is 0. The first kappa shape index (κ1) is 30.0. The zero-order chi connectivity index (χ0) is 31.2. The van der Waals surface area contributed by atoms with Crippen LogP contribution < -0.4 is 10.6 Å². The maximum Gasteiger partial charge on any atom is 0.355 e. The number of amides is 3. The Morgan fingerprint density at radius 1 is 0.956 bits per heavy atom. The molecule has 45 heavy (non-hydrogen) atoms. The van der Waals surface area contributed by atoms with Crippen molar-refractivity contribution < 1.29 is 19.1 Å². The molecule has 4 aromatic rings. The van der Waals surface area contributed by atoms with Crippen LogP contribution in [0.15, 0.2) is 73.1 Å². The van der Waals surface area contributed by atoms with Crippen molar-refractivity contribution in [2.75, 3.05) is 43.4 Å². The number of benzene rings is 1. The van der Waals surface area contributed by atoms with E-state index in [-0.39, 0.29) is 17.8 Å². The van der Waals surface area contributed by atoms with Crippen molar-refractivity contribution in [3.63, 3.8) is 0 Å². The Bertz CT molecular complexity index is 1710. The second kappa shape index (κ2) is 13.7. The summed E-state index contributed by atoms with van der Waals surface area (Å²) in [5, 5.41) is 6.44. The highest BCUT2D eigenvalue weighted by Crippen LogP contribution is 2.34. The summed E-state index contributed by atoms with van der Waals surface area (Å²) >= 11 is 0. The van der Waals surface area contributed by atoms with Gasteiger partial charge in [-0.25, -0.2) is 19.6 Å². The highest BCUT2D eigenvalue weighted by Gasteiger charge is 2.31. The van der Waals surface area contributed by atoms with Crippen LogP contribution in [0.3, 0.4) is 0 Å². The van der Waals surface area contributed by atoms with E-state index in [1.54, 1.807) is 37.5 Å². The van der Waals surface area contributed by atoms with Crippen LogP contribution in [0.1, 0.15) is 47.8 Å². The van der Waals surface area contributed by atoms with E-state index in [9.17, 15) is 14.4 Å². The van der Waals surface area contributed by atoms with Crippen LogP contribution in [-0.2, 0) is 16.1 Å². The first-order valence-corrected chi connectivity index (χ1v) is 15.4. The molecule has 0 aliphatic carbocycles. The van der Waals surface area contributed by atoms with E-state index in [2.05, 4.69) is 36.6 Å². The van der Waals surface area contributed by atoms with Crippen LogP contribution in [0.5, 0.6) is 0 Å². The first-order valence-electron chi connectivity index (χ1n) is 15.4. The van der Waals surface area contributed by atoms with Gasteiger partial charge in [-0.15, -0.1) is 0 Å². The van der Waals surface area contributed by atoms with E-state index in [0.717, 1.165) is 53.5 Å². The molecule has 1 fully saturated rings. The van der Waals surface area contributed by atoms with Gasteiger partial charge in [-0.05, 0) is 80.7 Å². The minimum Gasteiger partial charge on any atom is -0.461 e. The van der Waals surface area contributed by atoms with Gasteiger partial charge in [0.2, 0.25) is 5.91 Å². The lowest BCUT2D eigenvalue weighted by Gasteiger charge is -2.35. The molecular weight excluding hydrogens is 570 g/mol. The third-order valence-electron chi connectivity index (χ3n) is 8.34. The number of aromatic amines is 1. The van der Waals surface area contributed by atoms with Crippen molar-refractivity contribution in [1.82, 2.24) is 24.8 Å². The number of hydrogen-bond donors (Lipinski definition) is 3. The molecule has 2 aliphatic heterocycles. The van der Waals surface area contributed by atoms with E-state index in [1.807, 2.05) is 41.3 Å². The number of rotatable bonds is 8. The van der Waals surface area contributed by atoms with Gasteiger partial charge in [0.15, 0.2) is 0 Å². The number of anilines is 2. The molecule has 5 heterocycles. The van der Waals surface area contributed by atoms with Crippen LogP contribution in [0, 0.1) is 5.92 Å². The molecule has 0 atom stereocenters. The number of esters is 1. The summed E-state index contributed by atoms with van der Waals surface area (Å²) in [6, 6.07) is 16.6. The molecule has 0 spiro atoms. The summed E-state index contributed by atoms with van der Waals surface area (Å²) in [5.74, 6) is 0.751. The number of urea groups is 1.